The number of primary amides is 1. The number of hydrogen-bond acceptors (Lipinski definition) is 3. The third-order valence-corrected chi connectivity index (χ3v) is 3.21. The third kappa shape index (κ3) is 4.09. The minimum Gasteiger partial charge on any atom is -0.374 e. The van der Waals surface area contributed by atoms with Gasteiger partial charge in [0.05, 0.1) is 0 Å². The quantitative estimate of drug-likeness (QED) is 0.793. The van der Waals surface area contributed by atoms with Crippen LogP contribution in [0.25, 0.3) is 0 Å². The molecule has 2 rings (SSSR count). The van der Waals surface area contributed by atoms with Gasteiger partial charge >= 0.3 is 0 Å². The fraction of sp³-hybridized carbons (Fsp3) is 0.176. The van der Waals surface area contributed by atoms with Crippen molar-refractivity contribution in [2.75, 3.05) is 10.6 Å². The summed E-state index contributed by atoms with van der Waals surface area (Å²) in [5, 5.41) is 5.90. The molecule has 5 heteroatoms. The molecule has 0 saturated carbocycles. The smallest absolute Gasteiger partial charge is 0.248 e. The highest BCUT2D eigenvalue weighted by molar-refractivity contribution is 5.97. The van der Waals surface area contributed by atoms with E-state index in [4.69, 9.17) is 5.73 Å². The van der Waals surface area contributed by atoms with Crippen LogP contribution < -0.4 is 16.4 Å². The van der Waals surface area contributed by atoms with Crippen LogP contribution in [0.2, 0.25) is 0 Å². The number of amides is 2. The fourth-order valence-corrected chi connectivity index (χ4v) is 2.05. The van der Waals surface area contributed by atoms with Crippen molar-refractivity contribution in [2.24, 2.45) is 5.73 Å². The van der Waals surface area contributed by atoms with E-state index in [0.29, 0.717) is 11.3 Å². The Kier molecular flexibility index (Phi) is 4.78. The van der Waals surface area contributed by atoms with Crippen LogP contribution in [0.3, 0.4) is 0 Å². The Labute approximate surface area is 129 Å². The lowest BCUT2D eigenvalue weighted by Gasteiger charge is -2.16. The molecule has 0 spiro atoms. The lowest BCUT2D eigenvalue weighted by Crippen LogP contribution is -2.32. The predicted molar refractivity (Wildman–Crippen MR) is 87.9 cm³/mol. The molecule has 0 saturated heterocycles. The Morgan fingerprint density at radius 1 is 1.05 bits per heavy atom. The van der Waals surface area contributed by atoms with Gasteiger partial charge < -0.3 is 16.4 Å². The standard InChI is InChI=1S/C17H19N3O2/c1-11-5-3-7-14(9-11)20-17(22)12(2)19-15-8-4-6-13(10-15)16(18)21/h3-10,12,19H,1-2H3,(H2,18,21)(H,20,22). The van der Waals surface area contributed by atoms with Crippen molar-refractivity contribution in [1.82, 2.24) is 0 Å². The average Bonchev–Trinajstić information content (AvgIpc) is 2.47. The van der Waals surface area contributed by atoms with Crippen molar-refractivity contribution in [3.05, 3.63) is 59.7 Å². The molecule has 1 atom stereocenters. The van der Waals surface area contributed by atoms with Crippen LogP contribution in [0.4, 0.5) is 11.4 Å². The van der Waals surface area contributed by atoms with Crippen molar-refractivity contribution >= 4 is 23.2 Å². The summed E-state index contributed by atoms with van der Waals surface area (Å²) >= 11 is 0. The SMILES string of the molecule is Cc1cccc(NC(=O)C(C)Nc2cccc(C(N)=O)c2)c1. The average molecular weight is 297 g/mol. The number of nitrogens with one attached hydrogen (secondary N) is 2. The molecule has 1 unspecified atom stereocenters. The molecule has 0 radical (unpaired) electrons. The van der Waals surface area contributed by atoms with Crippen LogP contribution in [0.5, 0.6) is 0 Å². The summed E-state index contributed by atoms with van der Waals surface area (Å²) in [5.41, 5.74) is 8.14. The Morgan fingerprint density at radius 3 is 2.41 bits per heavy atom. The first-order valence-corrected chi connectivity index (χ1v) is 6.99. The Balaban J connectivity index is 2.02. The number of anilines is 2. The first-order valence-electron chi connectivity index (χ1n) is 6.99. The maximum absolute atomic E-state index is 12.2. The molecule has 0 heterocycles. The molecule has 4 N–H and O–H groups in total. The van der Waals surface area contributed by atoms with Gasteiger partial charge in [-0.25, -0.2) is 0 Å². The monoisotopic (exact) mass is 297 g/mol. The number of carbonyl (C=O) groups excluding carboxylic acids is 2. The molecule has 2 aromatic carbocycles. The molecule has 0 aliphatic heterocycles. The van der Waals surface area contributed by atoms with Gasteiger partial charge in [-0.2, -0.15) is 0 Å². The molecule has 114 valence electrons. The number of hydrogen-bond donors (Lipinski definition) is 3. The Hall–Kier alpha value is -2.82. The van der Waals surface area contributed by atoms with E-state index in [1.807, 2.05) is 31.2 Å². The van der Waals surface area contributed by atoms with Crippen LogP contribution in [-0.2, 0) is 4.79 Å². The summed E-state index contributed by atoms with van der Waals surface area (Å²) < 4.78 is 0. The van der Waals surface area contributed by atoms with Crippen LogP contribution in [-0.4, -0.2) is 17.9 Å². The van der Waals surface area contributed by atoms with Crippen LogP contribution >= 0.6 is 0 Å². The molecular weight excluding hydrogens is 278 g/mol. The maximum Gasteiger partial charge on any atom is 0.248 e. The molecule has 0 aromatic heterocycles. The number of benzene rings is 2. The van der Waals surface area contributed by atoms with Crippen molar-refractivity contribution in [3.63, 3.8) is 0 Å². The van der Waals surface area contributed by atoms with Crippen molar-refractivity contribution in [3.8, 4) is 0 Å². The number of rotatable bonds is 5. The zero-order chi connectivity index (χ0) is 16.1. The third-order valence-electron chi connectivity index (χ3n) is 3.21. The van der Waals surface area contributed by atoms with E-state index < -0.39 is 11.9 Å². The predicted octanol–water partition coefficient (Wildman–Crippen LogP) is 2.53. The van der Waals surface area contributed by atoms with E-state index in [9.17, 15) is 9.59 Å². The van der Waals surface area contributed by atoms with E-state index in [0.717, 1.165) is 11.3 Å². The minimum absolute atomic E-state index is 0.157. The first-order chi connectivity index (χ1) is 10.5. The second-order valence-electron chi connectivity index (χ2n) is 5.17. The van der Waals surface area contributed by atoms with Gasteiger partial charge in [-0.3, -0.25) is 9.59 Å². The van der Waals surface area contributed by atoms with E-state index in [2.05, 4.69) is 10.6 Å². The zero-order valence-electron chi connectivity index (χ0n) is 12.6. The summed E-state index contributed by atoms with van der Waals surface area (Å²) in [6.07, 6.45) is 0. The lowest BCUT2D eigenvalue weighted by molar-refractivity contribution is -0.116. The summed E-state index contributed by atoms with van der Waals surface area (Å²) in [4.78, 5) is 23.3. The first kappa shape index (κ1) is 15.6. The van der Waals surface area contributed by atoms with Gasteiger partial charge in [0, 0.05) is 16.9 Å². The summed E-state index contributed by atoms with van der Waals surface area (Å²) in [5.74, 6) is -0.657. The minimum atomic E-state index is -0.500. The van der Waals surface area contributed by atoms with Gasteiger partial charge in [-0.1, -0.05) is 18.2 Å². The summed E-state index contributed by atoms with van der Waals surface area (Å²) in [6.45, 7) is 3.72. The Bertz CT molecular complexity index is 698. The maximum atomic E-state index is 12.2. The largest absolute Gasteiger partial charge is 0.374 e. The number of carbonyl (C=O) groups is 2. The van der Waals surface area contributed by atoms with Gasteiger partial charge in [0.25, 0.3) is 0 Å². The van der Waals surface area contributed by atoms with E-state index in [1.165, 1.54) is 0 Å². The van der Waals surface area contributed by atoms with Gasteiger partial charge in [-0.05, 0) is 49.7 Å². The van der Waals surface area contributed by atoms with E-state index in [1.54, 1.807) is 31.2 Å². The summed E-state index contributed by atoms with van der Waals surface area (Å²) in [6, 6.07) is 13.9. The van der Waals surface area contributed by atoms with Crippen molar-refractivity contribution < 1.29 is 9.59 Å². The highest BCUT2D eigenvalue weighted by atomic mass is 16.2. The van der Waals surface area contributed by atoms with Gasteiger partial charge in [-0.15, -0.1) is 0 Å². The van der Waals surface area contributed by atoms with Gasteiger partial charge in [0.2, 0.25) is 11.8 Å². The fourth-order valence-electron chi connectivity index (χ4n) is 2.05. The molecule has 0 aliphatic rings. The van der Waals surface area contributed by atoms with Gasteiger partial charge in [0.15, 0.2) is 0 Å². The molecule has 5 nitrogen and oxygen atoms in total. The lowest BCUT2D eigenvalue weighted by atomic mass is 10.1. The molecule has 2 amide bonds. The molecule has 0 bridgehead atoms. The molecule has 0 aliphatic carbocycles. The summed E-state index contributed by atoms with van der Waals surface area (Å²) in [7, 11) is 0. The second-order valence-corrected chi connectivity index (χ2v) is 5.17. The van der Waals surface area contributed by atoms with E-state index in [-0.39, 0.29) is 5.91 Å². The highest BCUT2D eigenvalue weighted by Gasteiger charge is 2.13. The van der Waals surface area contributed by atoms with Crippen LogP contribution in [0, 0.1) is 6.92 Å². The molecule has 2 aromatic rings. The van der Waals surface area contributed by atoms with Crippen LogP contribution in [0.15, 0.2) is 48.5 Å². The van der Waals surface area contributed by atoms with E-state index >= 15 is 0 Å². The second kappa shape index (κ2) is 6.76. The zero-order valence-corrected chi connectivity index (χ0v) is 12.6. The van der Waals surface area contributed by atoms with Crippen molar-refractivity contribution in [1.29, 1.82) is 0 Å². The highest BCUT2D eigenvalue weighted by Crippen LogP contribution is 2.13. The van der Waals surface area contributed by atoms with Gasteiger partial charge in [0.1, 0.15) is 6.04 Å². The van der Waals surface area contributed by atoms with Crippen LogP contribution in [0.1, 0.15) is 22.8 Å². The molecule has 0 fully saturated rings. The number of nitrogens with two attached hydrogens (primary N) is 1. The topological polar surface area (TPSA) is 84.2 Å². The van der Waals surface area contributed by atoms with Crippen molar-refractivity contribution in [2.45, 2.75) is 19.9 Å². The molecule has 22 heavy (non-hydrogen) atoms. The molecular formula is C17H19N3O2. The Morgan fingerprint density at radius 2 is 1.73 bits per heavy atom. The number of aryl methyl sites for hydroxylation is 1. The normalized spacial score (nSPS) is 11.5.